The van der Waals surface area contributed by atoms with Crippen LogP contribution in [-0.2, 0) is 10.0 Å². The van der Waals surface area contributed by atoms with Gasteiger partial charge in [0.15, 0.2) is 0 Å². The maximum Gasteiger partial charge on any atom is 0.251 e. The zero-order valence-electron chi connectivity index (χ0n) is 16.1. The molecule has 0 unspecified atom stereocenters. The lowest BCUT2D eigenvalue weighted by Crippen LogP contribution is -2.29. The SMILES string of the molecule is Cc1ccc(S(=O)(=O)N2CCCC2)cc1C(=O)NCCSC1CCCCC1. The van der Waals surface area contributed by atoms with E-state index in [1.54, 1.807) is 12.1 Å². The van der Waals surface area contributed by atoms with Gasteiger partial charge in [-0.25, -0.2) is 8.42 Å². The van der Waals surface area contributed by atoms with Crippen LogP contribution in [0.1, 0.15) is 60.9 Å². The van der Waals surface area contributed by atoms with Crippen LogP contribution in [-0.4, -0.2) is 49.3 Å². The number of amides is 1. The maximum absolute atomic E-state index is 12.7. The Bertz CT molecular complexity index is 752. The van der Waals surface area contributed by atoms with Gasteiger partial charge in [0.05, 0.1) is 4.90 Å². The molecule has 2 aliphatic rings. The zero-order chi connectivity index (χ0) is 19.3. The summed E-state index contributed by atoms with van der Waals surface area (Å²) in [5.41, 5.74) is 1.26. The molecule has 3 rings (SSSR count). The van der Waals surface area contributed by atoms with E-state index in [0.29, 0.717) is 25.2 Å². The monoisotopic (exact) mass is 410 g/mol. The molecule has 1 aromatic rings. The number of sulfonamides is 1. The van der Waals surface area contributed by atoms with Gasteiger partial charge in [-0.1, -0.05) is 25.3 Å². The summed E-state index contributed by atoms with van der Waals surface area (Å²) in [6.45, 7) is 3.59. The lowest BCUT2D eigenvalue weighted by Gasteiger charge is -2.21. The first-order chi connectivity index (χ1) is 13.0. The molecular formula is C20H30N2O3S2. The van der Waals surface area contributed by atoms with E-state index >= 15 is 0 Å². The van der Waals surface area contributed by atoms with Crippen molar-refractivity contribution >= 4 is 27.7 Å². The number of benzene rings is 1. The molecule has 27 heavy (non-hydrogen) atoms. The molecule has 7 heteroatoms. The third kappa shape index (κ3) is 5.27. The Labute approximate surface area is 167 Å². The van der Waals surface area contributed by atoms with E-state index in [-0.39, 0.29) is 10.8 Å². The van der Waals surface area contributed by atoms with E-state index < -0.39 is 10.0 Å². The van der Waals surface area contributed by atoms with Crippen LogP contribution in [0.2, 0.25) is 0 Å². The second-order valence-electron chi connectivity index (χ2n) is 7.47. The lowest BCUT2D eigenvalue weighted by atomic mass is 10.0. The molecule has 1 heterocycles. The Kier molecular flexibility index (Phi) is 7.22. The van der Waals surface area contributed by atoms with Gasteiger partial charge in [-0.05, 0) is 50.3 Å². The smallest absolute Gasteiger partial charge is 0.251 e. The number of thioether (sulfide) groups is 1. The Hall–Kier alpha value is -1.05. The van der Waals surface area contributed by atoms with E-state index in [1.807, 2.05) is 18.7 Å². The molecule has 1 aromatic carbocycles. The normalized spacial score (nSPS) is 19.3. The van der Waals surface area contributed by atoms with Crippen LogP contribution >= 0.6 is 11.8 Å². The molecule has 1 aliphatic carbocycles. The maximum atomic E-state index is 12.7. The minimum atomic E-state index is -3.50. The Morgan fingerprint density at radius 1 is 1.15 bits per heavy atom. The summed E-state index contributed by atoms with van der Waals surface area (Å²) < 4.78 is 27.0. The van der Waals surface area contributed by atoms with Gasteiger partial charge in [-0.2, -0.15) is 16.1 Å². The van der Waals surface area contributed by atoms with Gasteiger partial charge < -0.3 is 5.32 Å². The topological polar surface area (TPSA) is 66.5 Å². The van der Waals surface area contributed by atoms with Crippen molar-refractivity contribution in [2.24, 2.45) is 0 Å². The van der Waals surface area contributed by atoms with Crippen molar-refractivity contribution in [1.29, 1.82) is 0 Å². The van der Waals surface area contributed by atoms with E-state index in [1.165, 1.54) is 42.5 Å². The number of nitrogens with zero attached hydrogens (tertiary/aromatic N) is 1. The Morgan fingerprint density at radius 2 is 1.85 bits per heavy atom. The predicted octanol–water partition coefficient (Wildman–Crippen LogP) is 3.58. The molecule has 0 atom stereocenters. The summed E-state index contributed by atoms with van der Waals surface area (Å²) in [6, 6.07) is 4.87. The van der Waals surface area contributed by atoms with E-state index in [0.717, 1.165) is 29.4 Å². The van der Waals surface area contributed by atoms with Crippen LogP contribution in [0.25, 0.3) is 0 Å². The van der Waals surface area contributed by atoms with Gasteiger partial charge in [0.1, 0.15) is 0 Å². The van der Waals surface area contributed by atoms with E-state index in [2.05, 4.69) is 5.32 Å². The van der Waals surface area contributed by atoms with Crippen LogP contribution in [0.15, 0.2) is 23.1 Å². The second-order valence-corrected chi connectivity index (χ2v) is 10.8. The molecule has 1 amide bonds. The lowest BCUT2D eigenvalue weighted by molar-refractivity contribution is 0.0955. The van der Waals surface area contributed by atoms with Crippen LogP contribution in [0, 0.1) is 6.92 Å². The number of carbonyl (C=O) groups excluding carboxylic acids is 1. The van der Waals surface area contributed by atoms with Gasteiger partial charge in [-0.15, -0.1) is 0 Å². The number of carbonyl (C=O) groups is 1. The molecule has 1 aliphatic heterocycles. The molecule has 0 bridgehead atoms. The van der Waals surface area contributed by atoms with Crippen molar-refractivity contribution in [1.82, 2.24) is 9.62 Å². The van der Waals surface area contributed by atoms with Gasteiger partial charge >= 0.3 is 0 Å². The van der Waals surface area contributed by atoms with E-state index in [9.17, 15) is 13.2 Å². The average molecular weight is 411 g/mol. The molecule has 5 nitrogen and oxygen atoms in total. The molecule has 0 radical (unpaired) electrons. The minimum Gasteiger partial charge on any atom is -0.351 e. The molecule has 2 fully saturated rings. The summed E-state index contributed by atoms with van der Waals surface area (Å²) in [5.74, 6) is 0.719. The van der Waals surface area contributed by atoms with Crippen molar-refractivity contribution in [3.63, 3.8) is 0 Å². The largest absolute Gasteiger partial charge is 0.351 e. The van der Waals surface area contributed by atoms with Gasteiger partial charge in [0.25, 0.3) is 5.91 Å². The highest BCUT2D eigenvalue weighted by atomic mass is 32.2. The Balaban J connectivity index is 1.59. The molecule has 0 aromatic heterocycles. The predicted molar refractivity (Wildman–Crippen MR) is 111 cm³/mol. The zero-order valence-corrected chi connectivity index (χ0v) is 17.7. The molecular weight excluding hydrogens is 380 g/mol. The van der Waals surface area contributed by atoms with Gasteiger partial charge in [-0.3, -0.25) is 4.79 Å². The highest BCUT2D eigenvalue weighted by Gasteiger charge is 2.28. The number of rotatable bonds is 7. The summed E-state index contributed by atoms with van der Waals surface area (Å²) in [6.07, 6.45) is 8.36. The van der Waals surface area contributed by atoms with E-state index in [4.69, 9.17) is 0 Å². The summed E-state index contributed by atoms with van der Waals surface area (Å²) in [4.78, 5) is 12.8. The molecule has 1 N–H and O–H groups in total. The van der Waals surface area contributed by atoms with Crippen molar-refractivity contribution in [3.05, 3.63) is 29.3 Å². The first kappa shape index (κ1) is 20.7. The average Bonchev–Trinajstić information content (AvgIpc) is 3.22. The highest BCUT2D eigenvalue weighted by Crippen LogP contribution is 2.28. The molecule has 0 spiro atoms. The number of hydrogen-bond acceptors (Lipinski definition) is 4. The van der Waals surface area contributed by atoms with Crippen molar-refractivity contribution in [2.45, 2.75) is 62.0 Å². The third-order valence-electron chi connectivity index (χ3n) is 5.45. The fourth-order valence-electron chi connectivity index (χ4n) is 3.80. The van der Waals surface area contributed by atoms with Crippen molar-refractivity contribution < 1.29 is 13.2 Å². The van der Waals surface area contributed by atoms with Gasteiger partial charge in [0, 0.05) is 36.2 Å². The quantitative estimate of drug-likeness (QED) is 0.698. The fourth-order valence-corrected chi connectivity index (χ4v) is 6.56. The third-order valence-corrected chi connectivity index (χ3v) is 8.73. The fraction of sp³-hybridized carbons (Fsp3) is 0.650. The van der Waals surface area contributed by atoms with Crippen LogP contribution in [0.4, 0.5) is 0 Å². The number of aryl methyl sites for hydroxylation is 1. The van der Waals surface area contributed by atoms with Gasteiger partial charge in [0.2, 0.25) is 10.0 Å². The first-order valence-electron chi connectivity index (χ1n) is 9.99. The minimum absolute atomic E-state index is 0.185. The Morgan fingerprint density at radius 3 is 2.56 bits per heavy atom. The highest BCUT2D eigenvalue weighted by molar-refractivity contribution is 7.99. The summed E-state index contributed by atoms with van der Waals surface area (Å²) >= 11 is 1.95. The molecule has 150 valence electrons. The second kappa shape index (κ2) is 9.43. The van der Waals surface area contributed by atoms with Crippen molar-refractivity contribution in [2.75, 3.05) is 25.4 Å². The summed E-state index contributed by atoms with van der Waals surface area (Å²) in [7, 11) is -3.50. The molecule has 1 saturated carbocycles. The van der Waals surface area contributed by atoms with Crippen LogP contribution < -0.4 is 5.32 Å². The van der Waals surface area contributed by atoms with Crippen molar-refractivity contribution in [3.8, 4) is 0 Å². The first-order valence-corrected chi connectivity index (χ1v) is 12.5. The number of nitrogens with one attached hydrogen (secondary N) is 1. The standard InChI is InChI=1S/C20H30N2O3S2/c1-16-9-10-18(27(24,25)22-12-5-6-13-22)15-19(16)20(23)21-11-14-26-17-7-3-2-4-8-17/h9-10,15,17H,2-8,11-14H2,1H3,(H,21,23). The van der Waals surface area contributed by atoms with Crippen LogP contribution in [0.3, 0.4) is 0 Å². The molecule has 1 saturated heterocycles. The summed E-state index contributed by atoms with van der Waals surface area (Å²) in [5, 5.41) is 3.69. The number of hydrogen-bond donors (Lipinski definition) is 1. The van der Waals surface area contributed by atoms with Crippen LogP contribution in [0.5, 0.6) is 0 Å².